The van der Waals surface area contributed by atoms with Crippen LogP contribution >= 0.6 is 12.6 Å². The molecule has 1 saturated heterocycles. The molecule has 3 rings (SSSR count). The van der Waals surface area contributed by atoms with Crippen LogP contribution in [-0.2, 0) is 12.6 Å². The van der Waals surface area contributed by atoms with Crippen molar-refractivity contribution >= 4 is 18.3 Å². The van der Waals surface area contributed by atoms with Crippen molar-refractivity contribution in [2.45, 2.75) is 18.1 Å². The highest BCUT2D eigenvalue weighted by Crippen LogP contribution is 2.32. The molecule has 1 N–H and O–H groups in total. The molecule has 1 unspecified atom stereocenters. The fraction of sp³-hybridized carbons (Fsp3) is 0.294. The number of nitrogens with zero attached hydrogens (tertiary/aromatic N) is 2. The lowest BCUT2D eigenvalue weighted by molar-refractivity contribution is -0.137. The minimum absolute atomic E-state index is 0.233. The van der Waals surface area contributed by atoms with Crippen LogP contribution in [0.3, 0.4) is 0 Å². The largest absolute Gasteiger partial charge is 0.416 e. The minimum atomic E-state index is -4.35. The number of nitrogens with one attached hydrogen (secondary N) is 1. The maximum Gasteiger partial charge on any atom is 0.416 e. The first kappa shape index (κ1) is 17.1. The van der Waals surface area contributed by atoms with Gasteiger partial charge in [-0.25, -0.2) is 0 Å². The third-order valence-corrected chi connectivity index (χ3v) is 4.41. The van der Waals surface area contributed by atoms with E-state index in [1.54, 1.807) is 11.1 Å². The Morgan fingerprint density at radius 3 is 2.54 bits per heavy atom. The number of hydrogen-bond donors (Lipinski definition) is 2. The van der Waals surface area contributed by atoms with Crippen LogP contribution in [0, 0.1) is 0 Å². The van der Waals surface area contributed by atoms with Gasteiger partial charge in [0.2, 0.25) is 0 Å². The molecule has 0 spiro atoms. The quantitative estimate of drug-likeness (QED) is 0.817. The van der Waals surface area contributed by atoms with Crippen molar-refractivity contribution in [3.8, 4) is 0 Å². The fourth-order valence-corrected chi connectivity index (χ4v) is 3.03. The average Bonchev–Trinajstić information content (AvgIpc) is 2.94. The van der Waals surface area contributed by atoms with Crippen molar-refractivity contribution in [1.82, 2.24) is 10.3 Å². The molecule has 7 heteroatoms. The van der Waals surface area contributed by atoms with Gasteiger partial charge in [0, 0.05) is 6.54 Å². The third kappa shape index (κ3) is 3.85. The molecule has 1 fully saturated rings. The zero-order valence-corrected chi connectivity index (χ0v) is 13.8. The van der Waals surface area contributed by atoms with Crippen molar-refractivity contribution in [1.29, 1.82) is 0 Å². The smallest absolute Gasteiger partial charge is 0.289 e. The van der Waals surface area contributed by atoms with Crippen LogP contribution in [0.25, 0.3) is 0 Å². The summed E-state index contributed by atoms with van der Waals surface area (Å²) in [4.78, 5) is 0. The molecule has 0 bridgehead atoms. The van der Waals surface area contributed by atoms with Crippen LogP contribution in [0.2, 0.25) is 0 Å². The first-order valence-corrected chi connectivity index (χ1v) is 8.13. The zero-order chi connectivity index (χ0) is 17.2. The lowest BCUT2D eigenvalue weighted by Crippen LogP contribution is -2.41. The lowest BCUT2D eigenvalue weighted by Gasteiger charge is -2.31. The second-order valence-electron chi connectivity index (χ2n) is 5.58. The Labute approximate surface area is 144 Å². The molecule has 1 heterocycles. The summed E-state index contributed by atoms with van der Waals surface area (Å²) in [7, 11) is 0. The summed E-state index contributed by atoms with van der Waals surface area (Å²) in [5.74, 6) is 0. The maximum absolute atomic E-state index is 12.9. The van der Waals surface area contributed by atoms with Gasteiger partial charge in [0.25, 0.3) is 0 Å². The average molecular weight is 353 g/mol. The van der Waals surface area contributed by atoms with Crippen LogP contribution in [-0.4, -0.2) is 23.7 Å². The molecule has 1 atom stereocenters. The second kappa shape index (κ2) is 7.04. The number of thiol groups is 1. The predicted octanol–water partition coefficient (Wildman–Crippen LogP) is 3.75. The van der Waals surface area contributed by atoms with Crippen LogP contribution in [0.5, 0.6) is 0 Å². The monoisotopic (exact) mass is 353 g/mol. The van der Waals surface area contributed by atoms with Crippen molar-refractivity contribution in [2.75, 3.05) is 18.2 Å². The summed E-state index contributed by atoms with van der Waals surface area (Å²) < 4.78 is 38.8. The van der Waals surface area contributed by atoms with Crippen LogP contribution in [0.15, 0.2) is 54.6 Å². The van der Waals surface area contributed by atoms with Crippen molar-refractivity contribution in [3.63, 3.8) is 0 Å². The minimum Gasteiger partial charge on any atom is -0.289 e. The normalized spacial score (nSPS) is 19.0. The molecule has 1 aliphatic rings. The number of anilines is 1. The van der Waals surface area contributed by atoms with Gasteiger partial charge >= 0.3 is 6.18 Å². The molecule has 1 aliphatic heterocycles. The Hall–Kier alpha value is -1.70. The molecular formula is C17H18F3N3S. The highest BCUT2D eigenvalue weighted by atomic mass is 32.1. The topological polar surface area (TPSA) is 18.5 Å². The van der Waals surface area contributed by atoms with Crippen LogP contribution in [0.4, 0.5) is 18.9 Å². The van der Waals surface area contributed by atoms with E-state index in [9.17, 15) is 13.2 Å². The number of hydrogen-bond acceptors (Lipinski definition) is 4. The van der Waals surface area contributed by atoms with E-state index in [2.05, 4.69) is 17.9 Å². The van der Waals surface area contributed by atoms with Crippen molar-refractivity contribution in [3.05, 3.63) is 65.7 Å². The van der Waals surface area contributed by atoms with Gasteiger partial charge in [0.15, 0.2) is 0 Å². The Morgan fingerprint density at radius 2 is 1.83 bits per heavy atom. The molecule has 128 valence electrons. The van der Waals surface area contributed by atoms with E-state index in [1.807, 2.05) is 35.3 Å². The highest BCUT2D eigenvalue weighted by molar-refractivity contribution is 7.80. The second-order valence-corrected chi connectivity index (χ2v) is 6.07. The highest BCUT2D eigenvalue weighted by Gasteiger charge is 2.33. The maximum atomic E-state index is 12.9. The molecule has 0 radical (unpaired) electrons. The number of alkyl halides is 3. The number of halogens is 3. The van der Waals surface area contributed by atoms with Gasteiger partial charge in [-0.2, -0.15) is 18.2 Å². The lowest BCUT2D eigenvalue weighted by atomic mass is 10.1. The Morgan fingerprint density at radius 1 is 1.08 bits per heavy atom. The molecule has 2 aromatic rings. The van der Waals surface area contributed by atoms with Gasteiger partial charge in [0.1, 0.15) is 5.50 Å². The Kier molecular flexibility index (Phi) is 5.03. The van der Waals surface area contributed by atoms with E-state index in [0.29, 0.717) is 18.9 Å². The molecule has 0 amide bonds. The molecule has 2 aromatic carbocycles. The molecule has 0 saturated carbocycles. The fourth-order valence-electron chi connectivity index (χ4n) is 2.71. The summed E-state index contributed by atoms with van der Waals surface area (Å²) >= 11 is 4.48. The molecule has 0 aromatic heterocycles. The van der Waals surface area contributed by atoms with Crippen molar-refractivity contribution in [2.24, 2.45) is 0 Å². The standard InChI is InChI=1S/C17H18F3N3S/c18-17(19,20)14-7-4-8-15(11-14)23-12-21-16(24)22(23)10-9-13-5-2-1-3-6-13/h1-8,11,16,21,24H,9-10,12H2. The molecule has 0 aliphatic carbocycles. The van der Waals surface area contributed by atoms with Crippen LogP contribution in [0.1, 0.15) is 11.1 Å². The van der Waals surface area contributed by atoms with Gasteiger partial charge in [-0.05, 0) is 30.2 Å². The van der Waals surface area contributed by atoms with Gasteiger partial charge < -0.3 is 0 Å². The number of benzene rings is 2. The number of rotatable bonds is 4. The SMILES string of the molecule is FC(F)(F)c1cccc(N2CNC(S)N2CCc2ccccc2)c1. The van der Waals surface area contributed by atoms with E-state index in [0.717, 1.165) is 12.5 Å². The summed E-state index contributed by atoms with van der Waals surface area (Å²) in [5.41, 5.74) is 0.796. The van der Waals surface area contributed by atoms with Gasteiger partial charge in [-0.15, -0.1) is 12.6 Å². The van der Waals surface area contributed by atoms with E-state index >= 15 is 0 Å². The molecular weight excluding hydrogens is 335 g/mol. The van der Waals surface area contributed by atoms with E-state index < -0.39 is 11.7 Å². The molecule has 3 nitrogen and oxygen atoms in total. The Balaban J connectivity index is 1.77. The summed E-state index contributed by atoms with van der Waals surface area (Å²) in [6.07, 6.45) is -3.56. The molecule has 24 heavy (non-hydrogen) atoms. The first-order valence-electron chi connectivity index (χ1n) is 7.62. The predicted molar refractivity (Wildman–Crippen MR) is 91.6 cm³/mol. The summed E-state index contributed by atoms with van der Waals surface area (Å²) in [5, 5.41) is 6.88. The van der Waals surface area contributed by atoms with Gasteiger partial charge in [0.05, 0.1) is 17.9 Å². The van der Waals surface area contributed by atoms with E-state index in [1.165, 1.54) is 17.7 Å². The summed E-state index contributed by atoms with van der Waals surface area (Å²) in [6, 6.07) is 15.3. The van der Waals surface area contributed by atoms with E-state index in [4.69, 9.17) is 0 Å². The first-order chi connectivity index (χ1) is 11.4. The van der Waals surface area contributed by atoms with Crippen molar-refractivity contribution < 1.29 is 13.2 Å². The zero-order valence-electron chi connectivity index (χ0n) is 12.9. The van der Waals surface area contributed by atoms with Gasteiger partial charge in [-0.3, -0.25) is 10.3 Å². The third-order valence-electron chi connectivity index (χ3n) is 3.96. The van der Waals surface area contributed by atoms with Crippen LogP contribution < -0.4 is 10.3 Å². The van der Waals surface area contributed by atoms with E-state index in [-0.39, 0.29) is 5.50 Å². The Bertz CT molecular complexity index is 678. The number of hydrazine groups is 1. The summed E-state index contributed by atoms with van der Waals surface area (Å²) in [6.45, 7) is 1.08. The van der Waals surface area contributed by atoms with Gasteiger partial charge in [-0.1, -0.05) is 36.4 Å².